The van der Waals surface area contributed by atoms with E-state index in [-0.39, 0.29) is 19.1 Å². The number of para-hydroxylation sites is 1. The standard InChI is InChI=1S/C25H28N8O2.C12H24O2/c1-4-5-13-32-21-22(29-24(32)31-12-8-9-17(26)14-31)30(3)25(35)33(23(21)34)15-20-27-16(2)18-10-6-7-11-19(18)28-20;1-2-3-4-5-6-7-8-9-10-11-12(13)14/h6-7,10-11,17H,8-9,12-15,26H2,1-3H3;2-11H2,1H3,(H,13,14)/t17-;/m1./s1. The number of unbranched alkanes of at least 4 members (excludes halogenated alkanes) is 8. The number of hydrogen-bond acceptors (Lipinski definition) is 8. The van der Waals surface area contributed by atoms with Crippen molar-refractivity contribution in [2.45, 2.75) is 117 Å². The zero-order valence-electron chi connectivity index (χ0n) is 29.6. The minimum atomic E-state index is -0.659. The molecule has 4 aromatic rings. The van der Waals surface area contributed by atoms with E-state index in [1.807, 2.05) is 31.2 Å². The first-order valence-electron chi connectivity index (χ1n) is 17.7. The molecule has 4 heterocycles. The van der Waals surface area contributed by atoms with Crippen LogP contribution in [0.3, 0.4) is 0 Å². The molecule has 0 saturated carbocycles. The number of hydrogen-bond donors (Lipinski definition) is 2. The molecule has 0 radical (unpaired) electrons. The lowest BCUT2D eigenvalue weighted by Gasteiger charge is -2.31. The second kappa shape index (κ2) is 18.3. The summed E-state index contributed by atoms with van der Waals surface area (Å²) in [5, 5.41) is 9.35. The van der Waals surface area contributed by atoms with Crippen molar-refractivity contribution in [1.82, 2.24) is 28.7 Å². The van der Waals surface area contributed by atoms with Crippen LogP contribution in [-0.4, -0.2) is 58.9 Å². The Bertz CT molecular complexity index is 1900. The van der Waals surface area contributed by atoms with Gasteiger partial charge in [-0.05, 0) is 39.2 Å². The third-order valence-corrected chi connectivity index (χ3v) is 9.00. The van der Waals surface area contributed by atoms with Crippen LogP contribution >= 0.6 is 0 Å². The number of anilines is 1. The van der Waals surface area contributed by atoms with Crippen molar-refractivity contribution in [1.29, 1.82) is 0 Å². The first-order valence-corrected chi connectivity index (χ1v) is 17.7. The van der Waals surface area contributed by atoms with Gasteiger partial charge >= 0.3 is 11.7 Å². The van der Waals surface area contributed by atoms with Gasteiger partial charge in [0.25, 0.3) is 5.56 Å². The maximum Gasteiger partial charge on any atom is 0.332 e. The van der Waals surface area contributed by atoms with Crippen LogP contribution in [0.5, 0.6) is 0 Å². The van der Waals surface area contributed by atoms with Crippen LogP contribution in [0.15, 0.2) is 33.9 Å². The quantitative estimate of drug-likeness (QED) is 0.137. The van der Waals surface area contributed by atoms with E-state index in [9.17, 15) is 14.4 Å². The van der Waals surface area contributed by atoms with Gasteiger partial charge in [0, 0.05) is 43.7 Å². The highest BCUT2D eigenvalue weighted by atomic mass is 16.4. The number of carboxylic acid groups (broad SMARTS) is 1. The summed E-state index contributed by atoms with van der Waals surface area (Å²) in [7, 11) is 1.63. The molecule has 1 fully saturated rings. The minimum Gasteiger partial charge on any atom is -0.481 e. The first kappa shape index (κ1) is 37.3. The van der Waals surface area contributed by atoms with Crippen LogP contribution in [0.25, 0.3) is 22.1 Å². The Labute approximate surface area is 288 Å². The average Bonchev–Trinajstić information content (AvgIpc) is 3.47. The second-order valence-corrected chi connectivity index (χ2v) is 12.9. The van der Waals surface area contributed by atoms with E-state index in [2.05, 4.69) is 33.6 Å². The monoisotopic (exact) mass is 672 g/mol. The number of nitrogens with two attached hydrogens (primary N) is 1. The van der Waals surface area contributed by atoms with Crippen LogP contribution in [0.1, 0.15) is 102 Å². The molecule has 1 aromatic carbocycles. The largest absolute Gasteiger partial charge is 0.481 e. The van der Waals surface area contributed by atoms with E-state index >= 15 is 0 Å². The third-order valence-electron chi connectivity index (χ3n) is 9.00. The number of aromatic nitrogens is 6. The number of fused-ring (bicyclic) bond motifs is 2. The van der Waals surface area contributed by atoms with Crippen molar-refractivity contribution in [3.05, 3.63) is 56.6 Å². The van der Waals surface area contributed by atoms with Gasteiger partial charge in [-0.3, -0.25) is 23.3 Å². The molecule has 0 amide bonds. The molecule has 3 N–H and O–H groups in total. The molecular formula is C37H52N8O4. The molecule has 1 aliphatic heterocycles. The Morgan fingerprint density at radius 1 is 1.00 bits per heavy atom. The molecule has 0 spiro atoms. The topological polar surface area (TPSA) is 154 Å². The summed E-state index contributed by atoms with van der Waals surface area (Å²) < 4.78 is 4.39. The molecule has 1 saturated heterocycles. The Morgan fingerprint density at radius 2 is 1.69 bits per heavy atom. The molecule has 12 nitrogen and oxygen atoms in total. The number of benzene rings is 1. The Kier molecular flexibility index (Phi) is 13.9. The molecule has 12 heteroatoms. The highest BCUT2D eigenvalue weighted by Crippen LogP contribution is 2.23. The van der Waals surface area contributed by atoms with Gasteiger partial charge in [-0.15, -0.1) is 5.92 Å². The molecule has 0 unspecified atom stereocenters. The number of aryl methyl sites for hydroxylation is 2. The Balaban J connectivity index is 0.000000328. The minimum absolute atomic E-state index is 0.0306. The van der Waals surface area contributed by atoms with Crippen LogP contribution in [0.2, 0.25) is 0 Å². The smallest absolute Gasteiger partial charge is 0.332 e. The molecule has 0 bridgehead atoms. The highest BCUT2D eigenvalue weighted by Gasteiger charge is 2.26. The number of piperidine rings is 1. The van der Waals surface area contributed by atoms with E-state index in [0.29, 0.717) is 35.9 Å². The van der Waals surface area contributed by atoms with Crippen LogP contribution < -0.4 is 21.9 Å². The number of carbonyl (C=O) groups is 1. The van der Waals surface area contributed by atoms with E-state index in [1.54, 1.807) is 18.5 Å². The summed E-state index contributed by atoms with van der Waals surface area (Å²) in [5.74, 6) is 6.30. The Morgan fingerprint density at radius 3 is 2.37 bits per heavy atom. The number of aliphatic carboxylic acids is 1. The van der Waals surface area contributed by atoms with Crippen LogP contribution in [0.4, 0.5) is 5.95 Å². The van der Waals surface area contributed by atoms with Crippen LogP contribution in [-0.2, 0) is 24.9 Å². The molecule has 1 aliphatic rings. The molecule has 264 valence electrons. The predicted octanol–water partition coefficient (Wildman–Crippen LogP) is 5.14. The highest BCUT2D eigenvalue weighted by molar-refractivity contribution is 5.80. The summed E-state index contributed by atoms with van der Waals surface area (Å²) in [6.07, 6.45) is 13.4. The van der Waals surface area contributed by atoms with Crippen molar-refractivity contribution in [3.8, 4) is 11.8 Å². The molecule has 5 rings (SSSR count). The lowest BCUT2D eigenvalue weighted by atomic mass is 10.1. The SMILES string of the molecule is CC#CCn1c(N2CCC[C@@H](N)C2)nc2c1c(=O)n(Cc1nc(C)c3ccccc3n1)c(=O)n2C.CCCCCCCCCCCC(=O)O. The molecule has 3 aromatic heterocycles. The molecular weight excluding hydrogens is 620 g/mol. The zero-order valence-corrected chi connectivity index (χ0v) is 29.6. The summed E-state index contributed by atoms with van der Waals surface area (Å²) in [4.78, 5) is 53.2. The number of imidazole rings is 1. The second-order valence-electron chi connectivity index (χ2n) is 12.9. The summed E-state index contributed by atoms with van der Waals surface area (Å²) in [6.45, 7) is 7.54. The maximum absolute atomic E-state index is 13.7. The fourth-order valence-corrected chi connectivity index (χ4v) is 6.33. The zero-order chi connectivity index (χ0) is 35.3. The van der Waals surface area contributed by atoms with E-state index < -0.39 is 17.2 Å². The van der Waals surface area contributed by atoms with E-state index in [0.717, 1.165) is 48.8 Å². The number of rotatable bonds is 14. The van der Waals surface area contributed by atoms with Gasteiger partial charge in [0.1, 0.15) is 5.82 Å². The summed E-state index contributed by atoms with van der Waals surface area (Å²) >= 11 is 0. The molecule has 49 heavy (non-hydrogen) atoms. The van der Waals surface area contributed by atoms with Gasteiger partial charge in [0.2, 0.25) is 5.95 Å². The van der Waals surface area contributed by atoms with Crippen molar-refractivity contribution >= 4 is 34.0 Å². The number of nitrogens with zero attached hydrogens (tertiary/aromatic N) is 7. The van der Waals surface area contributed by atoms with Gasteiger partial charge in [-0.1, -0.05) is 82.4 Å². The summed E-state index contributed by atoms with van der Waals surface area (Å²) in [5.41, 5.74) is 7.54. The van der Waals surface area contributed by atoms with Gasteiger partial charge < -0.3 is 15.7 Å². The van der Waals surface area contributed by atoms with Crippen molar-refractivity contribution in [3.63, 3.8) is 0 Å². The maximum atomic E-state index is 13.7. The van der Waals surface area contributed by atoms with Crippen LogP contribution in [0, 0.1) is 18.8 Å². The molecule has 1 atom stereocenters. The van der Waals surface area contributed by atoms with Gasteiger partial charge in [0.05, 0.1) is 18.6 Å². The fourth-order valence-electron chi connectivity index (χ4n) is 6.33. The lowest BCUT2D eigenvalue weighted by Crippen LogP contribution is -2.44. The first-order chi connectivity index (χ1) is 23.7. The van der Waals surface area contributed by atoms with Crippen molar-refractivity contribution in [2.75, 3.05) is 18.0 Å². The van der Waals surface area contributed by atoms with E-state index in [4.69, 9.17) is 15.8 Å². The van der Waals surface area contributed by atoms with Crippen molar-refractivity contribution in [2.24, 2.45) is 12.8 Å². The summed E-state index contributed by atoms with van der Waals surface area (Å²) in [6, 6.07) is 7.71. The van der Waals surface area contributed by atoms with Gasteiger partial charge in [-0.25, -0.2) is 14.8 Å². The predicted molar refractivity (Wildman–Crippen MR) is 195 cm³/mol. The lowest BCUT2D eigenvalue weighted by molar-refractivity contribution is -0.137. The third kappa shape index (κ3) is 9.79. The average molecular weight is 673 g/mol. The van der Waals surface area contributed by atoms with E-state index in [1.165, 1.54) is 54.1 Å². The van der Waals surface area contributed by atoms with Crippen molar-refractivity contribution < 1.29 is 9.90 Å². The number of carboxylic acids is 1. The molecule has 0 aliphatic carbocycles. The Hall–Kier alpha value is -4.50. The van der Waals surface area contributed by atoms with Gasteiger partial charge in [0.15, 0.2) is 11.2 Å². The fraction of sp³-hybridized carbons (Fsp3) is 0.568. The van der Waals surface area contributed by atoms with Gasteiger partial charge in [-0.2, -0.15) is 4.98 Å². The normalized spacial score (nSPS) is 14.4.